The number of nitrogens with two attached hydrogens (primary N) is 1. The summed E-state index contributed by atoms with van der Waals surface area (Å²) in [6.45, 7) is 2.23. The maximum atomic E-state index is 11.0. The van der Waals surface area contributed by atoms with E-state index in [1.165, 1.54) is 10.2 Å². The van der Waals surface area contributed by atoms with Gasteiger partial charge in [0.1, 0.15) is 12.6 Å². The summed E-state index contributed by atoms with van der Waals surface area (Å²) in [6.07, 6.45) is 6.03. The number of anilines is 1. The Balaban J connectivity index is 0.000000469. The molecule has 9 heteroatoms. The molecule has 4 aromatic rings. The molecular weight excluding hydrogens is 466 g/mol. The molecule has 0 saturated heterocycles. The first-order chi connectivity index (χ1) is 18.1. The topological polar surface area (TPSA) is 131 Å². The number of hydrogen-bond acceptors (Lipinski definition) is 7. The highest BCUT2D eigenvalue weighted by atomic mass is 16.5. The third-order valence-electron chi connectivity index (χ3n) is 5.65. The van der Waals surface area contributed by atoms with Crippen LogP contribution in [0.3, 0.4) is 0 Å². The molecule has 4 N–H and O–H groups in total. The molecule has 2 aromatic carbocycles. The van der Waals surface area contributed by atoms with Crippen LogP contribution in [-0.2, 0) is 17.8 Å². The number of primary amides is 1. The fourth-order valence-corrected chi connectivity index (χ4v) is 3.75. The van der Waals surface area contributed by atoms with E-state index in [0.717, 1.165) is 29.8 Å². The summed E-state index contributed by atoms with van der Waals surface area (Å²) >= 11 is 0. The Hall–Kier alpha value is -4.68. The molecule has 1 aliphatic rings. The Bertz CT molecular complexity index is 1300. The predicted molar refractivity (Wildman–Crippen MR) is 142 cm³/mol. The second-order valence-electron chi connectivity index (χ2n) is 8.51. The van der Waals surface area contributed by atoms with Crippen molar-refractivity contribution in [2.45, 2.75) is 19.1 Å². The third kappa shape index (κ3) is 7.65. The van der Waals surface area contributed by atoms with Gasteiger partial charge in [0.15, 0.2) is 0 Å². The van der Waals surface area contributed by atoms with Crippen molar-refractivity contribution in [1.82, 2.24) is 20.1 Å². The van der Waals surface area contributed by atoms with Crippen molar-refractivity contribution in [3.63, 3.8) is 0 Å². The van der Waals surface area contributed by atoms with Crippen LogP contribution in [-0.4, -0.2) is 46.4 Å². The van der Waals surface area contributed by atoms with Crippen molar-refractivity contribution in [1.29, 1.82) is 5.26 Å². The maximum Gasteiger partial charge on any atom is 0.239 e. The minimum Gasteiger partial charge on any atom is -0.470 e. The van der Waals surface area contributed by atoms with E-state index in [4.69, 9.17) is 15.7 Å². The van der Waals surface area contributed by atoms with E-state index in [1.807, 2.05) is 66.7 Å². The predicted octanol–water partition coefficient (Wildman–Crippen LogP) is 2.99. The van der Waals surface area contributed by atoms with Crippen molar-refractivity contribution < 1.29 is 9.53 Å². The number of nitriles is 1. The van der Waals surface area contributed by atoms with Crippen LogP contribution in [0.4, 0.5) is 5.69 Å². The number of ether oxygens (including phenoxy) is 1. The molecule has 1 amide bonds. The molecule has 1 atom stereocenters. The number of carbonyl (C=O) groups is 1. The first-order valence-electron chi connectivity index (χ1n) is 12.0. The SMILES string of the molecule is N#Cc1ccc(CCNCC2CNc3cc(-c4cnn(CC(N)=O)c4)cnc3O2)cc1.c1ccccc1. The number of rotatable bonds is 8. The molecule has 0 fully saturated rings. The summed E-state index contributed by atoms with van der Waals surface area (Å²) in [5, 5.41) is 19.8. The summed E-state index contributed by atoms with van der Waals surface area (Å²) in [5.41, 5.74) is 9.63. The molecule has 188 valence electrons. The van der Waals surface area contributed by atoms with Gasteiger partial charge in [0.25, 0.3) is 0 Å². The van der Waals surface area contributed by atoms with Crippen molar-refractivity contribution in [2.24, 2.45) is 5.73 Å². The molecule has 5 rings (SSSR count). The van der Waals surface area contributed by atoms with Gasteiger partial charge < -0.3 is 21.1 Å². The Morgan fingerprint density at radius 2 is 1.86 bits per heavy atom. The zero-order valence-electron chi connectivity index (χ0n) is 20.4. The molecule has 0 saturated carbocycles. The van der Waals surface area contributed by atoms with Crippen LogP contribution in [0.2, 0.25) is 0 Å². The number of hydrogen-bond donors (Lipinski definition) is 3. The number of pyridine rings is 1. The zero-order valence-corrected chi connectivity index (χ0v) is 20.4. The van der Waals surface area contributed by atoms with Crippen LogP contribution >= 0.6 is 0 Å². The number of aromatic nitrogens is 3. The van der Waals surface area contributed by atoms with Crippen LogP contribution in [0, 0.1) is 11.3 Å². The van der Waals surface area contributed by atoms with Crippen LogP contribution in [0.5, 0.6) is 5.88 Å². The van der Waals surface area contributed by atoms with E-state index in [9.17, 15) is 4.79 Å². The highest BCUT2D eigenvalue weighted by molar-refractivity contribution is 5.74. The van der Waals surface area contributed by atoms with Gasteiger partial charge in [0.2, 0.25) is 11.8 Å². The molecule has 0 bridgehead atoms. The lowest BCUT2D eigenvalue weighted by atomic mass is 10.1. The number of nitrogens with one attached hydrogen (secondary N) is 2. The highest BCUT2D eigenvalue weighted by Crippen LogP contribution is 2.31. The van der Waals surface area contributed by atoms with Gasteiger partial charge in [0, 0.05) is 30.1 Å². The number of carbonyl (C=O) groups excluding carboxylic acids is 1. The second-order valence-corrected chi connectivity index (χ2v) is 8.51. The van der Waals surface area contributed by atoms with Gasteiger partial charge in [0.05, 0.1) is 30.1 Å². The van der Waals surface area contributed by atoms with Crippen LogP contribution in [0.15, 0.2) is 85.3 Å². The Kier molecular flexibility index (Phi) is 8.83. The van der Waals surface area contributed by atoms with Crippen molar-refractivity contribution >= 4 is 11.6 Å². The van der Waals surface area contributed by atoms with Crippen LogP contribution in [0.25, 0.3) is 11.1 Å². The van der Waals surface area contributed by atoms with E-state index >= 15 is 0 Å². The van der Waals surface area contributed by atoms with E-state index in [-0.39, 0.29) is 12.6 Å². The van der Waals surface area contributed by atoms with E-state index < -0.39 is 5.91 Å². The fraction of sp³-hybridized carbons (Fsp3) is 0.214. The first kappa shape index (κ1) is 25.4. The van der Waals surface area contributed by atoms with E-state index in [2.05, 4.69) is 26.8 Å². The first-order valence-corrected chi connectivity index (χ1v) is 12.0. The van der Waals surface area contributed by atoms with Gasteiger partial charge in [-0.25, -0.2) is 4.98 Å². The largest absolute Gasteiger partial charge is 0.470 e. The number of amides is 1. The van der Waals surface area contributed by atoms with Crippen LogP contribution < -0.4 is 21.1 Å². The molecule has 37 heavy (non-hydrogen) atoms. The highest BCUT2D eigenvalue weighted by Gasteiger charge is 2.21. The van der Waals surface area contributed by atoms with E-state index in [0.29, 0.717) is 24.5 Å². The van der Waals surface area contributed by atoms with Gasteiger partial charge >= 0.3 is 0 Å². The molecule has 9 nitrogen and oxygen atoms in total. The molecule has 1 unspecified atom stereocenters. The maximum absolute atomic E-state index is 11.0. The lowest BCUT2D eigenvalue weighted by Crippen LogP contribution is -2.40. The summed E-state index contributed by atoms with van der Waals surface area (Å²) in [7, 11) is 0. The molecular formula is C28H29N7O2. The monoisotopic (exact) mass is 495 g/mol. The van der Waals surface area contributed by atoms with Crippen LogP contribution in [0.1, 0.15) is 11.1 Å². The second kappa shape index (κ2) is 12.9. The number of nitrogens with zero attached hydrogens (tertiary/aromatic N) is 4. The van der Waals surface area contributed by atoms with Gasteiger partial charge in [-0.1, -0.05) is 48.5 Å². The molecule has 0 radical (unpaired) electrons. The van der Waals surface area contributed by atoms with Gasteiger partial charge in [-0.15, -0.1) is 0 Å². The zero-order chi connectivity index (χ0) is 25.9. The van der Waals surface area contributed by atoms with E-state index in [1.54, 1.807) is 18.6 Å². The minimum absolute atomic E-state index is 0.0230. The molecule has 0 aliphatic carbocycles. The van der Waals surface area contributed by atoms with Crippen molar-refractivity contribution in [3.05, 3.63) is 96.4 Å². The minimum atomic E-state index is -0.440. The lowest BCUT2D eigenvalue weighted by Gasteiger charge is -2.27. The lowest BCUT2D eigenvalue weighted by molar-refractivity contribution is -0.118. The standard InChI is InChI=1S/C22H23N7O2.C6H6/c23-8-16-3-1-15(2-4-16)5-6-25-11-19-12-26-20-7-17(9-27-22(20)31-19)18-10-28-29(13-18)14-21(24)30;1-2-4-6-5-3-1/h1-4,7,9-10,13,19,25-26H,5-6,11-12,14H2,(H2,24,30);1-6H. The Morgan fingerprint density at radius 3 is 2.54 bits per heavy atom. The van der Waals surface area contributed by atoms with Crippen molar-refractivity contribution in [2.75, 3.05) is 25.0 Å². The smallest absolute Gasteiger partial charge is 0.239 e. The summed E-state index contributed by atoms with van der Waals surface area (Å²) in [6, 6.07) is 23.7. The summed E-state index contributed by atoms with van der Waals surface area (Å²) < 4.78 is 7.51. The molecule has 2 aromatic heterocycles. The normalized spacial score (nSPS) is 13.6. The molecule has 1 aliphatic heterocycles. The molecule has 0 spiro atoms. The Morgan fingerprint density at radius 1 is 1.14 bits per heavy atom. The molecule has 3 heterocycles. The summed E-state index contributed by atoms with van der Waals surface area (Å²) in [4.78, 5) is 15.5. The number of fused-ring (bicyclic) bond motifs is 1. The number of benzene rings is 2. The quantitative estimate of drug-likeness (QED) is 0.320. The Labute approximate surface area is 215 Å². The average Bonchev–Trinajstić information content (AvgIpc) is 3.40. The van der Waals surface area contributed by atoms with Gasteiger partial charge in [-0.2, -0.15) is 10.4 Å². The van der Waals surface area contributed by atoms with Gasteiger partial charge in [-0.05, 0) is 36.7 Å². The van der Waals surface area contributed by atoms with Crippen molar-refractivity contribution in [3.8, 4) is 23.1 Å². The average molecular weight is 496 g/mol. The van der Waals surface area contributed by atoms with Gasteiger partial charge in [-0.3, -0.25) is 9.48 Å². The summed E-state index contributed by atoms with van der Waals surface area (Å²) in [5.74, 6) is 0.128. The fourth-order valence-electron chi connectivity index (χ4n) is 3.75. The third-order valence-corrected chi connectivity index (χ3v) is 5.65.